The molecule has 0 atom stereocenters. The molecule has 0 amide bonds. The largest absolute Gasteiger partial charge is 0.398 e. The zero-order valence-electron chi connectivity index (χ0n) is 9.99. The van der Waals surface area contributed by atoms with Crippen LogP contribution in [0.4, 0.5) is 17.1 Å². The van der Waals surface area contributed by atoms with Crippen molar-refractivity contribution in [2.75, 3.05) is 17.2 Å². The molecule has 0 radical (unpaired) electrons. The molecule has 0 saturated carbocycles. The average molecular weight is 228 g/mol. The summed E-state index contributed by atoms with van der Waals surface area (Å²) in [6.45, 7) is 3.93. The summed E-state index contributed by atoms with van der Waals surface area (Å²) >= 11 is 0. The normalized spacial score (nSPS) is 10.5. The van der Waals surface area contributed by atoms with Crippen molar-refractivity contribution in [1.29, 1.82) is 0 Å². The van der Waals surface area contributed by atoms with Gasteiger partial charge < -0.3 is 17.2 Å². The van der Waals surface area contributed by atoms with Gasteiger partial charge in [0.25, 0.3) is 0 Å². The maximum atomic E-state index is 6.01. The molecule has 0 bridgehead atoms. The minimum absolute atomic E-state index is 0.499. The highest BCUT2D eigenvalue weighted by Crippen LogP contribution is 2.33. The second kappa shape index (κ2) is 3.97. The SMILES string of the molecule is Cc1ccc(-c2nccc(N)c2N)c(C)c1N. The number of nitrogens with two attached hydrogens (primary N) is 3. The van der Waals surface area contributed by atoms with Crippen LogP contribution in [0.5, 0.6) is 0 Å². The summed E-state index contributed by atoms with van der Waals surface area (Å²) in [5.74, 6) is 0. The fraction of sp³-hybridized carbons (Fsp3) is 0.154. The Morgan fingerprint density at radius 2 is 1.65 bits per heavy atom. The standard InChI is InChI=1S/C13H16N4/c1-7-3-4-9(8(2)11(7)15)13-12(16)10(14)5-6-17-13/h3-6H,15-16H2,1-2H3,(H2,14,17). The van der Waals surface area contributed by atoms with E-state index in [9.17, 15) is 0 Å². The molecule has 6 N–H and O–H groups in total. The second-order valence-corrected chi connectivity index (χ2v) is 4.13. The van der Waals surface area contributed by atoms with Gasteiger partial charge in [-0.05, 0) is 31.0 Å². The number of nitrogens with zero attached hydrogens (tertiary/aromatic N) is 1. The third kappa shape index (κ3) is 1.78. The molecular weight excluding hydrogens is 212 g/mol. The highest BCUT2D eigenvalue weighted by Gasteiger charge is 2.11. The lowest BCUT2D eigenvalue weighted by Gasteiger charge is -2.13. The molecule has 0 unspecified atom stereocenters. The van der Waals surface area contributed by atoms with Crippen LogP contribution in [0.2, 0.25) is 0 Å². The number of nitrogen functional groups attached to an aromatic ring is 3. The van der Waals surface area contributed by atoms with E-state index in [-0.39, 0.29) is 0 Å². The number of pyridine rings is 1. The van der Waals surface area contributed by atoms with Gasteiger partial charge in [-0.1, -0.05) is 12.1 Å². The number of benzene rings is 1. The van der Waals surface area contributed by atoms with Crippen LogP contribution in [-0.4, -0.2) is 4.98 Å². The molecule has 2 rings (SSSR count). The molecule has 4 nitrogen and oxygen atoms in total. The van der Waals surface area contributed by atoms with Crippen molar-refractivity contribution >= 4 is 17.1 Å². The third-order valence-corrected chi connectivity index (χ3v) is 3.01. The predicted molar refractivity (Wildman–Crippen MR) is 72.4 cm³/mol. The Bertz CT molecular complexity index is 576. The zero-order chi connectivity index (χ0) is 12.6. The van der Waals surface area contributed by atoms with Gasteiger partial charge in [0.15, 0.2) is 0 Å². The fourth-order valence-electron chi connectivity index (χ4n) is 1.82. The lowest BCUT2D eigenvalue weighted by molar-refractivity contribution is 1.30. The quantitative estimate of drug-likeness (QED) is 0.652. The minimum Gasteiger partial charge on any atom is -0.398 e. The van der Waals surface area contributed by atoms with Crippen molar-refractivity contribution in [2.45, 2.75) is 13.8 Å². The van der Waals surface area contributed by atoms with Crippen LogP contribution in [0.1, 0.15) is 11.1 Å². The molecule has 1 aromatic carbocycles. The fourth-order valence-corrected chi connectivity index (χ4v) is 1.82. The van der Waals surface area contributed by atoms with Gasteiger partial charge in [-0.2, -0.15) is 0 Å². The van der Waals surface area contributed by atoms with E-state index >= 15 is 0 Å². The summed E-state index contributed by atoms with van der Waals surface area (Å²) in [5.41, 5.74) is 23.2. The number of hydrogen-bond donors (Lipinski definition) is 3. The van der Waals surface area contributed by atoms with Crippen LogP contribution < -0.4 is 17.2 Å². The van der Waals surface area contributed by atoms with Gasteiger partial charge in [0, 0.05) is 17.4 Å². The van der Waals surface area contributed by atoms with E-state index in [4.69, 9.17) is 17.2 Å². The van der Waals surface area contributed by atoms with Crippen LogP contribution in [0.3, 0.4) is 0 Å². The first kappa shape index (κ1) is 11.3. The Morgan fingerprint density at radius 1 is 0.941 bits per heavy atom. The van der Waals surface area contributed by atoms with Crippen molar-refractivity contribution in [2.24, 2.45) is 0 Å². The molecule has 0 aliphatic rings. The number of rotatable bonds is 1. The van der Waals surface area contributed by atoms with Crippen LogP contribution >= 0.6 is 0 Å². The predicted octanol–water partition coefficient (Wildman–Crippen LogP) is 2.11. The van der Waals surface area contributed by atoms with Crippen molar-refractivity contribution < 1.29 is 0 Å². The summed E-state index contributed by atoms with van der Waals surface area (Å²) in [5, 5.41) is 0. The molecule has 0 aliphatic heterocycles. The van der Waals surface area contributed by atoms with Gasteiger partial charge >= 0.3 is 0 Å². The zero-order valence-corrected chi connectivity index (χ0v) is 9.99. The van der Waals surface area contributed by atoms with Crippen LogP contribution in [-0.2, 0) is 0 Å². The second-order valence-electron chi connectivity index (χ2n) is 4.13. The number of anilines is 3. The molecule has 0 fully saturated rings. The number of hydrogen-bond acceptors (Lipinski definition) is 4. The van der Waals surface area contributed by atoms with E-state index < -0.39 is 0 Å². The van der Waals surface area contributed by atoms with Crippen LogP contribution in [0.25, 0.3) is 11.3 Å². The average Bonchev–Trinajstić information content (AvgIpc) is 2.31. The topological polar surface area (TPSA) is 90.9 Å². The Hall–Kier alpha value is -2.23. The molecule has 1 aromatic heterocycles. The molecule has 2 aromatic rings. The van der Waals surface area contributed by atoms with Gasteiger partial charge in [-0.3, -0.25) is 4.98 Å². The van der Waals surface area contributed by atoms with Crippen molar-refractivity contribution in [3.63, 3.8) is 0 Å². The third-order valence-electron chi connectivity index (χ3n) is 3.01. The summed E-state index contributed by atoms with van der Waals surface area (Å²) in [6, 6.07) is 5.62. The highest BCUT2D eigenvalue weighted by atomic mass is 14.8. The maximum absolute atomic E-state index is 6.01. The first-order chi connectivity index (χ1) is 8.02. The Balaban J connectivity index is 2.69. The van der Waals surface area contributed by atoms with Crippen molar-refractivity contribution in [1.82, 2.24) is 4.98 Å². The lowest BCUT2D eigenvalue weighted by Crippen LogP contribution is -2.02. The Labute approximate surface area is 100 Å². The van der Waals surface area contributed by atoms with E-state index in [2.05, 4.69) is 4.98 Å². The highest BCUT2D eigenvalue weighted by molar-refractivity contribution is 5.84. The van der Waals surface area contributed by atoms with E-state index in [1.54, 1.807) is 12.3 Å². The Kier molecular flexibility index (Phi) is 2.63. The summed E-state index contributed by atoms with van der Waals surface area (Å²) < 4.78 is 0. The van der Waals surface area contributed by atoms with Gasteiger partial charge in [-0.25, -0.2) is 0 Å². The van der Waals surface area contributed by atoms with E-state index in [0.29, 0.717) is 17.1 Å². The van der Waals surface area contributed by atoms with E-state index in [1.807, 2.05) is 26.0 Å². The summed E-state index contributed by atoms with van der Waals surface area (Å²) in [6.07, 6.45) is 1.65. The molecule has 0 spiro atoms. The molecule has 88 valence electrons. The van der Waals surface area contributed by atoms with E-state index in [1.165, 1.54) is 0 Å². The van der Waals surface area contributed by atoms with E-state index in [0.717, 1.165) is 22.4 Å². The summed E-state index contributed by atoms with van der Waals surface area (Å²) in [7, 11) is 0. The maximum Gasteiger partial charge on any atom is 0.0955 e. The molecule has 4 heteroatoms. The first-order valence-electron chi connectivity index (χ1n) is 5.38. The minimum atomic E-state index is 0.499. The molecule has 1 heterocycles. The summed E-state index contributed by atoms with van der Waals surface area (Å²) in [4.78, 5) is 4.28. The number of aryl methyl sites for hydroxylation is 1. The van der Waals surface area contributed by atoms with Gasteiger partial charge in [-0.15, -0.1) is 0 Å². The first-order valence-corrected chi connectivity index (χ1v) is 5.38. The van der Waals surface area contributed by atoms with Crippen LogP contribution in [0, 0.1) is 13.8 Å². The van der Waals surface area contributed by atoms with Gasteiger partial charge in [0.2, 0.25) is 0 Å². The van der Waals surface area contributed by atoms with Crippen molar-refractivity contribution in [3.05, 3.63) is 35.5 Å². The van der Waals surface area contributed by atoms with Gasteiger partial charge in [0.05, 0.1) is 17.1 Å². The Morgan fingerprint density at radius 3 is 2.35 bits per heavy atom. The van der Waals surface area contributed by atoms with Crippen molar-refractivity contribution in [3.8, 4) is 11.3 Å². The smallest absolute Gasteiger partial charge is 0.0955 e. The van der Waals surface area contributed by atoms with Crippen LogP contribution in [0.15, 0.2) is 24.4 Å². The van der Waals surface area contributed by atoms with Gasteiger partial charge in [0.1, 0.15) is 0 Å². The molecule has 17 heavy (non-hydrogen) atoms. The molecule has 0 aliphatic carbocycles. The molecule has 0 saturated heterocycles. The lowest BCUT2D eigenvalue weighted by atomic mass is 9.99. The number of aromatic nitrogens is 1. The monoisotopic (exact) mass is 228 g/mol. The molecular formula is C13H16N4.